The largest absolute Gasteiger partial charge is 0.303 e. The third-order valence-corrected chi connectivity index (χ3v) is 4.40. The van der Waals surface area contributed by atoms with Crippen LogP contribution in [0.3, 0.4) is 0 Å². The summed E-state index contributed by atoms with van der Waals surface area (Å²) in [5, 5.41) is 0. The third-order valence-electron chi connectivity index (χ3n) is 3.40. The molecule has 1 aromatic rings. The highest BCUT2D eigenvalue weighted by Gasteiger charge is 2.18. The number of hydrogen-bond acceptors (Lipinski definition) is 2. The average molecular weight is 235 g/mol. The zero-order valence-corrected chi connectivity index (χ0v) is 10.9. The Kier molecular flexibility index (Phi) is 4.73. The van der Waals surface area contributed by atoms with Gasteiger partial charge in [-0.05, 0) is 32.0 Å². The zero-order valence-electron chi connectivity index (χ0n) is 10.1. The van der Waals surface area contributed by atoms with E-state index in [0.717, 1.165) is 6.04 Å². The summed E-state index contributed by atoms with van der Waals surface area (Å²) in [6.07, 6.45) is 5.68. The van der Waals surface area contributed by atoms with Crippen molar-refractivity contribution in [3.8, 4) is 0 Å². The Balaban J connectivity index is 1.67. The molecule has 1 nitrogen and oxygen atoms in total. The van der Waals surface area contributed by atoms with E-state index in [1.807, 2.05) is 11.8 Å². The van der Waals surface area contributed by atoms with Gasteiger partial charge < -0.3 is 4.90 Å². The van der Waals surface area contributed by atoms with Gasteiger partial charge in [-0.2, -0.15) is 0 Å². The van der Waals surface area contributed by atoms with E-state index in [1.165, 1.54) is 42.9 Å². The first-order valence-corrected chi connectivity index (χ1v) is 7.23. The highest BCUT2D eigenvalue weighted by atomic mass is 32.2. The van der Waals surface area contributed by atoms with Gasteiger partial charge in [-0.25, -0.2) is 0 Å². The summed E-state index contributed by atoms with van der Waals surface area (Å²) in [4.78, 5) is 3.94. The van der Waals surface area contributed by atoms with Gasteiger partial charge in [0.15, 0.2) is 0 Å². The monoisotopic (exact) mass is 235 g/mol. The molecule has 1 aliphatic carbocycles. The Hall–Kier alpha value is -0.470. The smallest absolute Gasteiger partial charge is 0.0108 e. The molecule has 0 radical (unpaired) electrons. The van der Waals surface area contributed by atoms with Crippen molar-refractivity contribution in [2.75, 3.05) is 19.3 Å². The second-order valence-electron chi connectivity index (χ2n) is 4.58. The van der Waals surface area contributed by atoms with Crippen LogP contribution in [0.4, 0.5) is 0 Å². The number of rotatable bonds is 5. The summed E-state index contributed by atoms with van der Waals surface area (Å²) in [6, 6.07) is 11.6. The summed E-state index contributed by atoms with van der Waals surface area (Å²) in [5.74, 6) is 1.21. The van der Waals surface area contributed by atoms with E-state index in [0.29, 0.717) is 0 Å². The molecular weight excluding hydrogens is 214 g/mol. The van der Waals surface area contributed by atoms with E-state index in [-0.39, 0.29) is 0 Å². The molecule has 0 aromatic heterocycles. The Labute approximate surface area is 103 Å². The summed E-state index contributed by atoms with van der Waals surface area (Å²) in [6.45, 7) is 1.21. The van der Waals surface area contributed by atoms with Crippen LogP contribution in [0, 0.1) is 0 Å². The molecule has 0 bridgehead atoms. The Morgan fingerprint density at radius 1 is 1.19 bits per heavy atom. The van der Waals surface area contributed by atoms with Gasteiger partial charge in [0.05, 0.1) is 0 Å². The SMILES string of the molecule is CN(CCSc1ccccc1)C1CCCC1. The van der Waals surface area contributed by atoms with Crippen LogP contribution in [0.1, 0.15) is 25.7 Å². The molecule has 0 saturated heterocycles. The maximum absolute atomic E-state index is 2.54. The predicted molar refractivity (Wildman–Crippen MR) is 72.1 cm³/mol. The first-order valence-electron chi connectivity index (χ1n) is 6.24. The van der Waals surface area contributed by atoms with E-state index in [1.54, 1.807) is 0 Å². The van der Waals surface area contributed by atoms with Gasteiger partial charge in [0, 0.05) is 23.2 Å². The van der Waals surface area contributed by atoms with E-state index < -0.39 is 0 Å². The van der Waals surface area contributed by atoms with Crippen molar-refractivity contribution in [2.24, 2.45) is 0 Å². The summed E-state index contributed by atoms with van der Waals surface area (Å²) < 4.78 is 0. The highest BCUT2D eigenvalue weighted by Crippen LogP contribution is 2.23. The molecular formula is C14H21NS. The molecule has 1 fully saturated rings. The lowest BCUT2D eigenvalue weighted by Crippen LogP contribution is -2.31. The van der Waals surface area contributed by atoms with Crippen molar-refractivity contribution in [2.45, 2.75) is 36.6 Å². The minimum atomic E-state index is 0.858. The maximum Gasteiger partial charge on any atom is 0.0108 e. The van der Waals surface area contributed by atoms with Crippen LogP contribution in [0.5, 0.6) is 0 Å². The van der Waals surface area contributed by atoms with Crippen LogP contribution in [0.15, 0.2) is 35.2 Å². The van der Waals surface area contributed by atoms with Crippen molar-refractivity contribution in [1.82, 2.24) is 4.90 Å². The molecule has 2 rings (SSSR count). The maximum atomic E-state index is 2.54. The fourth-order valence-electron chi connectivity index (χ4n) is 2.35. The number of benzene rings is 1. The number of nitrogens with zero attached hydrogens (tertiary/aromatic N) is 1. The normalized spacial score (nSPS) is 17.1. The molecule has 0 unspecified atom stereocenters. The van der Waals surface area contributed by atoms with Crippen LogP contribution >= 0.6 is 11.8 Å². The van der Waals surface area contributed by atoms with Gasteiger partial charge in [0.25, 0.3) is 0 Å². The second-order valence-corrected chi connectivity index (χ2v) is 5.75. The van der Waals surface area contributed by atoms with Gasteiger partial charge in [-0.1, -0.05) is 31.0 Å². The lowest BCUT2D eigenvalue weighted by atomic mass is 10.2. The molecule has 1 saturated carbocycles. The van der Waals surface area contributed by atoms with E-state index in [2.05, 4.69) is 42.3 Å². The summed E-state index contributed by atoms with van der Waals surface area (Å²) in [5.41, 5.74) is 0. The highest BCUT2D eigenvalue weighted by molar-refractivity contribution is 7.99. The summed E-state index contributed by atoms with van der Waals surface area (Å²) in [7, 11) is 2.28. The van der Waals surface area contributed by atoms with E-state index in [9.17, 15) is 0 Å². The van der Waals surface area contributed by atoms with Gasteiger partial charge in [-0.3, -0.25) is 0 Å². The van der Waals surface area contributed by atoms with E-state index >= 15 is 0 Å². The van der Waals surface area contributed by atoms with Crippen molar-refractivity contribution in [1.29, 1.82) is 0 Å². The van der Waals surface area contributed by atoms with Gasteiger partial charge in [-0.15, -0.1) is 11.8 Å². The molecule has 2 heteroatoms. The number of thioether (sulfide) groups is 1. The molecule has 1 aromatic carbocycles. The topological polar surface area (TPSA) is 3.24 Å². The zero-order chi connectivity index (χ0) is 11.2. The molecule has 0 N–H and O–H groups in total. The lowest BCUT2D eigenvalue weighted by Gasteiger charge is -2.23. The van der Waals surface area contributed by atoms with Crippen LogP contribution in [-0.4, -0.2) is 30.3 Å². The average Bonchev–Trinajstić information content (AvgIpc) is 2.84. The van der Waals surface area contributed by atoms with Gasteiger partial charge in [0.1, 0.15) is 0 Å². The van der Waals surface area contributed by atoms with Crippen LogP contribution in [0.25, 0.3) is 0 Å². The van der Waals surface area contributed by atoms with Crippen molar-refractivity contribution in [3.05, 3.63) is 30.3 Å². The predicted octanol–water partition coefficient (Wildman–Crippen LogP) is 3.65. The quantitative estimate of drug-likeness (QED) is 0.717. The number of hydrogen-bond donors (Lipinski definition) is 0. The third kappa shape index (κ3) is 3.53. The molecule has 16 heavy (non-hydrogen) atoms. The lowest BCUT2D eigenvalue weighted by molar-refractivity contribution is 0.260. The minimum Gasteiger partial charge on any atom is -0.303 e. The fourth-order valence-corrected chi connectivity index (χ4v) is 3.32. The van der Waals surface area contributed by atoms with Crippen LogP contribution in [0.2, 0.25) is 0 Å². The molecule has 0 heterocycles. The van der Waals surface area contributed by atoms with Crippen LogP contribution < -0.4 is 0 Å². The molecule has 0 aliphatic heterocycles. The minimum absolute atomic E-state index is 0.858. The molecule has 88 valence electrons. The first kappa shape index (κ1) is 12.0. The molecule has 1 aliphatic rings. The molecule has 0 amide bonds. The first-order chi connectivity index (χ1) is 7.86. The second kappa shape index (κ2) is 6.31. The standard InChI is InChI=1S/C14H21NS/c1-15(13-7-5-6-8-13)11-12-16-14-9-3-2-4-10-14/h2-4,9-10,13H,5-8,11-12H2,1H3. The van der Waals surface area contributed by atoms with Crippen molar-refractivity contribution < 1.29 is 0 Å². The fraction of sp³-hybridized carbons (Fsp3) is 0.571. The van der Waals surface area contributed by atoms with E-state index in [4.69, 9.17) is 0 Å². The van der Waals surface area contributed by atoms with Gasteiger partial charge >= 0.3 is 0 Å². The summed E-state index contributed by atoms with van der Waals surface area (Å²) >= 11 is 1.97. The van der Waals surface area contributed by atoms with Crippen LogP contribution in [-0.2, 0) is 0 Å². The Bertz CT molecular complexity index is 293. The van der Waals surface area contributed by atoms with Crippen molar-refractivity contribution >= 4 is 11.8 Å². The molecule has 0 atom stereocenters. The van der Waals surface area contributed by atoms with Crippen molar-refractivity contribution in [3.63, 3.8) is 0 Å². The van der Waals surface area contributed by atoms with Gasteiger partial charge in [0.2, 0.25) is 0 Å². The Morgan fingerprint density at radius 2 is 1.88 bits per heavy atom. The Morgan fingerprint density at radius 3 is 2.56 bits per heavy atom. The molecule has 0 spiro atoms.